The maximum Gasteiger partial charge on any atom is 0.472 e. The standard InChI is InChI=1S/C72H140O17P2/c1-5-9-13-17-20-23-26-28-30-31-32-33-34-35-36-38-41-44-47-51-55-59-72(77)89-68(63-83-70(75)57-53-49-45-42-40-37-29-27-24-21-18-14-10-6-2)65-87-91(80,81)85-61-66(73)60-84-90(78,79)86-64-67(62-82-69(74)56-52-48-16-12-8-4)88-71(76)58-54-50-46-43-39-25-22-19-15-11-7-3/h66-68,73H,5-65H2,1-4H3,(H,78,79)(H,80,81)/t66-,67+,68+/m0/s1. The van der Waals surface area contributed by atoms with E-state index in [1.165, 1.54) is 205 Å². The molecular formula is C72H140O17P2. The first-order chi connectivity index (χ1) is 44.2. The zero-order valence-electron chi connectivity index (χ0n) is 58.8. The minimum atomic E-state index is -4.95. The number of ether oxygens (including phenoxy) is 4. The van der Waals surface area contributed by atoms with Gasteiger partial charge in [0.1, 0.15) is 19.3 Å². The Morgan fingerprint density at radius 3 is 0.648 bits per heavy atom. The highest BCUT2D eigenvalue weighted by atomic mass is 31.2. The van der Waals surface area contributed by atoms with Crippen LogP contribution < -0.4 is 0 Å². The molecule has 0 rings (SSSR count). The number of hydrogen-bond donors (Lipinski definition) is 3. The molecule has 0 aliphatic carbocycles. The highest BCUT2D eigenvalue weighted by Crippen LogP contribution is 2.45. The normalized spacial score (nSPS) is 14.0. The van der Waals surface area contributed by atoms with Crippen molar-refractivity contribution in [2.24, 2.45) is 0 Å². The smallest absolute Gasteiger partial charge is 0.462 e. The van der Waals surface area contributed by atoms with Crippen molar-refractivity contribution in [2.75, 3.05) is 39.6 Å². The molecule has 0 radical (unpaired) electrons. The maximum absolute atomic E-state index is 13.0. The van der Waals surface area contributed by atoms with Gasteiger partial charge in [0.05, 0.1) is 26.4 Å². The zero-order valence-corrected chi connectivity index (χ0v) is 60.6. The summed E-state index contributed by atoms with van der Waals surface area (Å²) in [4.78, 5) is 72.3. The molecule has 91 heavy (non-hydrogen) atoms. The van der Waals surface area contributed by atoms with Gasteiger partial charge in [0, 0.05) is 25.7 Å². The molecule has 0 aliphatic rings. The summed E-state index contributed by atoms with van der Waals surface area (Å²) >= 11 is 0. The van der Waals surface area contributed by atoms with Crippen LogP contribution in [0.2, 0.25) is 0 Å². The van der Waals surface area contributed by atoms with Crippen LogP contribution in [0.5, 0.6) is 0 Å². The van der Waals surface area contributed by atoms with Crippen LogP contribution in [-0.2, 0) is 65.4 Å². The fourth-order valence-electron chi connectivity index (χ4n) is 11.0. The third kappa shape index (κ3) is 66.5. The molecule has 0 aliphatic heterocycles. The van der Waals surface area contributed by atoms with Gasteiger partial charge in [-0.3, -0.25) is 37.3 Å². The highest BCUT2D eigenvalue weighted by Gasteiger charge is 2.30. The van der Waals surface area contributed by atoms with Crippen molar-refractivity contribution >= 4 is 39.5 Å². The number of esters is 4. The van der Waals surface area contributed by atoms with Gasteiger partial charge in [-0.15, -0.1) is 0 Å². The number of unbranched alkanes of at least 4 members (excludes halogenated alkanes) is 47. The average molecular weight is 1340 g/mol. The summed E-state index contributed by atoms with van der Waals surface area (Å²) in [6.07, 6.45) is 56.0. The molecule has 0 spiro atoms. The Bertz CT molecular complexity index is 1740. The van der Waals surface area contributed by atoms with E-state index in [9.17, 15) is 43.2 Å². The predicted molar refractivity (Wildman–Crippen MR) is 368 cm³/mol. The zero-order chi connectivity index (χ0) is 66.8. The van der Waals surface area contributed by atoms with Crippen LogP contribution in [-0.4, -0.2) is 96.7 Å². The van der Waals surface area contributed by atoms with Gasteiger partial charge < -0.3 is 33.8 Å². The second-order valence-electron chi connectivity index (χ2n) is 26.0. The fraction of sp³-hybridized carbons (Fsp3) is 0.944. The lowest BCUT2D eigenvalue weighted by Crippen LogP contribution is -2.30. The summed E-state index contributed by atoms with van der Waals surface area (Å²) in [6, 6.07) is 0. The van der Waals surface area contributed by atoms with Crippen LogP contribution >= 0.6 is 15.6 Å². The lowest BCUT2D eigenvalue weighted by atomic mass is 10.0. The summed E-state index contributed by atoms with van der Waals surface area (Å²) in [5.41, 5.74) is 0. The number of aliphatic hydroxyl groups is 1. The Balaban J connectivity index is 5.11. The number of hydrogen-bond acceptors (Lipinski definition) is 15. The molecule has 0 aromatic heterocycles. The number of phosphoric acid groups is 2. The molecule has 0 aromatic carbocycles. The molecule has 3 N–H and O–H groups in total. The summed E-state index contributed by atoms with van der Waals surface area (Å²) in [6.45, 7) is 4.87. The molecule has 0 fully saturated rings. The molecular weight excluding hydrogens is 1200 g/mol. The van der Waals surface area contributed by atoms with Crippen LogP contribution in [0.4, 0.5) is 0 Å². The lowest BCUT2D eigenvalue weighted by Gasteiger charge is -2.21. The van der Waals surface area contributed by atoms with Crippen molar-refractivity contribution in [3.8, 4) is 0 Å². The van der Waals surface area contributed by atoms with Crippen LogP contribution in [0.1, 0.15) is 381 Å². The summed E-state index contributed by atoms with van der Waals surface area (Å²) in [7, 11) is -9.89. The molecule has 0 saturated carbocycles. The van der Waals surface area contributed by atoms with Crippen LogP contribution in [0, 0.1) is 0 Å². The van der Waals surface area contributed by atoms with Gasteiger partial charge in [-0.25, -0.2) is 9.13 Å². The molecule has 0 aromatic rings. The number of rotatable bonds is 73. The van der Waals surface area contributed by atoms with E-state index in [-0.39, 0.29) is 25.7 Å². The highest BCUT2D eigenvalue weighted by molar-refractivity contribution is 7.47. The third-order valence-corrected chi connectivity index (χ3v) is 18.8. The second-order valence-corrected chi connectivity index (χ2v) is 28.9. The third-order valence-electron chi connectivity index (χ3n) is 16.9. The molecule has 2 unspecified atom stereocenters. The second kappa shape index (κ2) is 66.7. The van der Waals surface area contributed by atoms with Gasteiger partial charge >= 0.3 is 39.5 Å². The molecule has 5 atom stereocenters. The van der Waals surface area contributed by atoms with E-state index < -0.39 is 97.5 Å². The maximum atomic E-state index is 13.0. The minimum Gasteiger partial charge on any atom is -0.462 e. The molecule has 540 valence electrons. The summed E-state index contributed by atoms with van der Waals surface area (Å²) < 4.78 is 68.1. The molecule has 19 heteroatoms. The molecule has 0 amide bonds. The monoisotopic (exact) mass is 1340 g/mol. The van der Waals surface area contributed by atoms with Crippen LogP contribution in [0.25, 0.3) is 0 Å². The van der Waals surface area contributed by atoms with E-state index >= 15 is 0 Å². The number of aliphatic hydroxyl groups excluding tert-OH is 1. The SMILES string of the molecule is CCCCCCCCCCCCCCCCCCCCCCCC(=O)O[C@H](COC(=O)CCCCCCCCCCCCCCCC)COP(=O)(O)OC[C@@H](O)COP(=O)(O)OC[C@@H](COC(=O)CCCCCCC)OC(=O)CCCCCCCCCCCCC. The van der Waals surface area contributed by atoms with E-state index in [1.54, 1.807) is 0 Å². The minimum absolute atomic E-state index is 0.106. The average Bonchev–Trinajstić information content (AvgIpc) is 3.74. The van der Waals surface area contributed by atoms with E-state index in [1.807, 2.05) is 0 Å². The van der Waals surface area contributed by atoms with Gasteiger partial charge in [-0.2, -0.15) is 0 Å². The van der Waals surface area contributed by atoms with E-state index in [0.717, 1.165) is 96.3 Å². The van der Waals surface area contributed by atoms with Crippen molar-refractivity contribution in [3.05, 3.63) is 0 Å². The Kier molecular flexibility index (Phi) is 65.2. The lowest BCUT2D eigenvalue weighted by molar-refractivity contribution is -0.161. The number of carbonyl (C=O) groups excluding carboxylic acids is 4. The molecule has 0 saturated heterocycles. The topological polar surface area (TPSA) is 237 Å². The van der Waals surface area contributed by atoms with Crippen molar-refractivity contribution < 1.29 is 80.2 Å². The van der Waals surface area contributed by atoms with E-state index in [2.05, 4.69) is 27.7 Å². The molecule has 0 bridgehead atoms. The number of carbonyl (C=O) groups is 4. The quantitative estimate of drug-likeness (QED) is 0.0222. The van der Waals surface area contributed by atoms with Gasteiger partial charge in [-0.1, -0.05) is 329 Å². The largest absolute Gasteiger partial charge is 0.472 e. The van der Waals surface area contributed by atoms with Crippen molar-refractivity contribution in [1.82, 2.24) is 0 Å². The van der Waals surface area contributed by atoms with Crippen molar-refractivity contribution in [2.45, 2.75) is 399 Å². The first kappa shape index (κ1) is 89.1. The Morgan fingerprint density at radius 1 is 0.264 bits per heavy atom. The van der Waals surface area contributed by atoms with Gasteiger partial charge in [0.25, 0.3) is 0 Å². The van der Waals surface area contributed by atoms with Gasteiger partial charge in [0.2, 0.25) is 0 Å². The van der Waals surface area contributed by atoms with Crippen molar-refractivity contribution in [1.29, 1.82) is 0 Å². The van der Waals surface area contributed by atoms with Gasteiger partial charge in [-0.05, 0) is 25.7 Å². The first-order valence-electron chi connectivity index (χ1n) is 37.8. The first-order valence-corrected chi connectivity index (χ1v) is 40.8. The summed E-state index contributed by atoms with van der Waals surface area (Å²) in [5, 5.41) is 10.6. The van der Waals surface area contributed by atoms with Crippen LogP contribution in [0.15, 0.2) is 0 Å². The van der Waals surface area contributed by atoms with Crippen LogP contribution in [0.3, 0.4) is 0 Å². The van der Waals surface area contributed by atoms with Gasteiger partial charge in [0.15, 0.2) is 12.2 Å². The summed E-state index contributed by atoms with van der Waals surface area (Å²) in [5.74, 6) is -2.13. The number of phosphoric ester groups is 2. The molecule has 17 nitrogen and oxygen atoms in total. The predicted octanol–water partition coefficient (Wildman–Crippen LogP) is 21.1. The van der Waals surface area contributed by atoms with E-state index in [0.29, 0.717) is 25.7 Å². The Hall–Kier alpha value is -1.94. The van der Waals surface area contributed by atoms with Crippen molar-refractivity contribution in [3.63, 3.8) is 0 Å². The van der Waals surface area contributed by atoms with E-state index in [4.69, 9.17) is 37.0 Å². The Morgan fingerprint density at radius 2 is 0.440 bits per heavy atom. The molecule has 0 heterocycles. The Labute approximate surface area is 556 Å². The fourth-order valence-corrected chi connectivity index (χ4v) is 12.6.